The molecule has 0 unspecified atom stereocenters. The van der Waals surface area contributed by atoms with Crippen molar-refractivity contribution < 1.29 is 4.74 Å². The first-order valence-electron chi connectivity index (χ1n) is 12.0. The van der Waals surface area contributed by atoms with Crippen LogP contribution < -0.4 is 10.6 Å². The molecule has 1 saturated heterocycles. The fraction of sp³-hybridized carbons (Fsp3) is 0.259. The number of hydrogen-bond acceptors (Lipinski definition) is 6. The van der Waals surface area contributed by atoms with E-state index in [1.807, 2.05) is 42.6 Å². The van der Waals surface area contributed by atoms with Crippen molar-refractivity contribution in [3.05, 3.63) is 88.7 Å². The Morgan fingerprint density at radius 2 is 1.89 bits per heavy atom. The van der Waals surface area contributed by atoms with Crippen LogP contribution in [-0.2, 0) is 18.3 Å². The molecule has 6 rings (SSSR count). The summed E-state index contributed by atoms with van der Waals surface area (Å²) < 4.78 is 10.8. The molecule has 1 aliphatic heterocycles. The monoisotopic (exact) mass is 481 g/mol. The average Bonchev–Trinajstić information content (AvgIpc) is 3.50. The van der Waals surface area contributed by atoms with E-state index in [4.69, 9.17) is 14.8 Å². The van der Waals surface area contributed by atoms with E-state index >= 15 is 0 Å². The van der Waals surface area contributed by atoms with Gasteiger partial charge in [-0.2, -0.15) is 5.10 Å². The molecule has 1 aliphatic rings. The van der Waals surface area contributed by atoms with Crippen LogP contribution in [-0.4, -0.2) is 55.2 Å². The van der Waals surface area contributed by atoms with E-state index in [1.165, 1.54) is 5.56 Å². The number of ether oxygens (including phenoxy) is 1. The Labute approximate surface area is 208 Å². The highest BCUT2D eigenvalue weighted by molar-refractivity contribution is 5.88. The van der Waals surface area contributed by atoms with Crippen LogP contribution in [0.1, 0.15) is 11.3 Å². The van der Waals surface area contributed by atoms with E-state index in [2.05, 4.69) is 35.0 Å². The van der Waals surface area contributed by atoms with Gasteiger partial charge in [0.2, 0.25) is 0 Å². The van der Waals surface area contributed by atoms with Crippen LogP contribution in [0.2, 0.25) is 0 Å². The average molecular weight is 482 g/mol. The second kappa shape index (κ2) is 9.09. The largest absolute Gasteiger partial charge is 0.378 e. The quantitative estimate of drug-likeness (QED) is 0.384. The highest BCUT2D eigenvalue weighted by Gasteiger charge is 2.23. The molecule has 0 saturated carbocycles. The molecular formula is C27H27N7O2. The van der Waals surface area contributed by atoms with Crippen LogP contribution in [0, 0.1) is 6.92 Å². The maximum absolute atomic E-state index is 13.4. The van der Waals surface area contributed by atoms with Crippen LogP contribution in [0.4, 0.5) is 5.69 Å². The third-order valence-corrected chi connectivity index (χ3v) is 6.58. The van der Waals surface area contributed by atoms with Gasteiger partial charge in [-0.15, -0.1) is 0 Å². The SMILES string of the molecule is Cc1cccc(-c2ccn(-c3cc(N4CCOCC4)c4c(n3)n(C)c(=O)n4Cc3ccccn3)n2)c1. The first-order valence-corrected chi connectivity index (χ1v) is 12.0. The number of rotatable bonds is 5. The van der Waals surface area contributed by atoms with Crippen molar-refractivity contribution in [1.29, 1.82) is 0 Å². The zero-order chi connectivity index (χ0) is 24.6. The maximum Gasteiger partial charge on any atom is 0.330 e. The number of morpholine rings is 1. The lowest BCUT2D eigenvalue weighted by molar-refractivity contribution is 0.123. The summed E-state index contributed by atoms with van der Waals surface area (Å²) in [6, 6.07) is 18.0. The van der Waals surface area contributed by atoms with Gasteiger partial charge in [0.25, 0.3) is 0 Å². The summed E-state index contributed by atoms with van der Waals surface area (Å²) in [6.07, 6.45) is 3.66. The topological polar surface area (TPSA) is 83.0 Å². The van der Waals surface area contributed by atoms with Crippen molar-refractivity contribution >= 4 is 16.9 Å². The van der Waals surface area contributed by atoms with Gasteiger partial charge < -0.3 is 9.64 Å². The molecule has 5 aromatic rings. The number of hydrogen-bond donors (Lipinski definition) is 0. The number of benzene rings is 1. The zero-order valence-corrected chi connectivity index (χ0v) is 20.3. The predicted molar refractivity (Wildman–Crippen MR) is 139 cm³/mol. The minimum absolute atomic E-state index is 0.129. The highest BCUT2D eigenvalue weighted by Crippen LogP contribution is 2.29. The number of aromatic nitrogens is 6. The Hall–Kier alpha value is -4.24. The van der Waals surface area contributed by atoms with Crippen molar-refractivity contribution in [2.45, 2.75) is 13.5 Å². The fourth-order valence-corrected chi connectivity index (χ4v) is 4.73. The molecule has 0 bridgehead atoms. The Kier molecular flexibility index (Phi) is 5.61. The van der Waals surface area contributed by atoms with E-state index in [-0.39, 0.29) is 5.69 Å². The van der Waals surface area contributed by atoms with Crippen molar-refractivity contribution in [3.8, 4) is 17.1 Å². The molecule has 0 spiro atoms. The number of pyridine rings is 2. The van der Waals surface area contributed by atoms with Crippen LogP contribution in [0.25, 0.3) is 28.2 Å². The molecule has 0 aliphatic carbocycles. The Balaban J connectivity index is 1.51. The van der Waals surface area contributed by atoms with Crippen molar-refractivity contribution in [1.82, 2.24) is 28.9 Å². The van der Waals surface area contributed by atoms with E-state index in [0.717, 1.165) is 41.2 Å². The zero-order valence-electron chi connectivity index (χ0n) is 20.3. The summed E-state index contributed by atoms with van der Waals surface area (Å²) in [7, 11) is 1.76. The van der Waals surface area contributed by atoms with E-state index in [9.17, 15) is 4.79 Å². The fourth-order valence-electron chi connectivity index (χ4n) is 4.73. The van der Waals surface area contributed by atoms with E-state index in [0.29, 0.717) is 31.2 Å². The first kappa shape index (κ1) is 22.2. The second-order valence-electron chi connectivity index (χ2n) is 9.04. The third-order valence-electron chi connectivity index (χ3n) is 6.58. The summed E-state index contributed by atoms with van der Waals surface area (Å²) in [5.74, 6) is 0.661. The Morgan fingerprint density at radius 1 is 1.03 bits per heavy atom. The molecule has 1 aromatic carbocycles. The molecule has 0 N–H and O–H groups in total. The molecule has 9 nitrogen and oxygen atoms in total. The van der Waals surface area contributed by atoms with Gasteiger partial charge in [-0.1, -0.05) is 29.8 Å². The van der Waals surface area contributed by atoms with E-state index < -0.39 is 0 Å². The molecular weight excluding hydrogens is 454 g/mol. The second-order valence-corrected chi connectivity index (χ2v) is 9.04. The molecule has 182 valence electrons. The molecule has 9 heteroatoms. The summed E-state index contributed by atoms with van der Waals surface area (Å²) in [6.45, 7) is 5.18. The van der Waals surface area contributed by atoms with E-state index in [1.54, 1.807) is 27.1 Å². The van der Waals surface area contributed by atoms with Gasteiger partial charge in [0.05, 0.1) is 36.8 Å². The number of imidazole rings is 1. The minimum Gasteiger partial charge on any atom is -0.378 e. The Morgan fingerprint density at radius 3 is 2.67 bits per heavy atom. The molecule has 5 heterocycles. The lowest BCUT2D eigenvalue weighted by Gasteiger charge is -2.29. The summed E-state index contributed by atoms with van der Waals surface area (Å²) in [5, 5.41) is 4.82. The third kappa shape index (κ3) is 3.97. The van der Waals surface area contributed by atoms with Gasteiger partial charge >= 0.3 is 5.69 Å². The molecule has 36 heavy (non-hydrogen) atoms. The Bertz CT molecular complexity index is 1590. The maximum atomic E-state index is 13.4. The van der Waals surface area contributed by atoms with Gasteiger partial charge in [0, 0.05) is 44.2 Å². The van der Waals surface area contributed by atoms with Crippen molar-refractivity contribution in [2.24, 2.45) is 7.05 Å². The number of aryl methyl sites for hydroxylation is 2. The van der Waals surface area contributed by atoms with Gasteiger partial charge in [-0.05, 0) is 31.2 Å². The molecule has 1 fully saturated rings. The van der Waals surface area contributed by atoms with Crippen molar-refractivity contribution in [2.75, 3.05) is 31.2 Å². The summed E-state index contributed by atoms with van der Waals surface area (Å²) in [4.78, 5) is 25.0. The molecule has 0 atom stereocenters. The first-order chi connectivity index (χ1) is 17.6. The standard InChI is InChI=1S/C27H27N7O2/c1-19-6-5-7-20(16-19)22-9-11-34(30-22)24-17-23(32-12-14-36-15-13-32)25-26(29-24)31(2)27(35)33(25)18-21-8-3-4-10-28-21/h3-11,16-17H,12-15,18H2,1-2H3. The predicted octanol–water partition coefficient (Wildman–Crippen LogP) is 3.18. The number of nitrogens with zero attached hydrogens (tertiary/aromatic N) is 7. The van der Waals surface area contributed by atoms with Crippen LogP contribution >= 0.6 is 0 Å². The smallest absolute Gasteiger partial charge is 0.330 e. The normalized spacial score (nSPS) is 14.0. The summed E-state index contributed by atoms with van der Waals surface area (Å²) >= 11 is 0. The van der Waals surface area contributed by atoms with Gasteiger partial charge in [-0.3, -0.25) is 14.1 Å². The molecule has 4 aromatic heterocycles. The number of fused-ring (bicyclic) bond motifs is 1. The van der Waals surface area contributed by atoms with Gasteiger partial charge in [0.15, 0.2) is 11.5 Å². The lowest BCUT2D eigenvalue weighted by atomic mass is 10.1. The van der Waals surface area contributed by atoms with Crippen LogP contribution in [0.3, 0.4) is 0 Å². The molecule has 0 amide bonds. The molecule has 0 radical (unpaired) electrons. The summed E-state index contributed by atoms with van der Waals surface area (Å²) in [5.41, 5.74) is 6.15. The van der Waals surface area contributed by atoms with Gasteiger partial charge in [0.1, 0.15) is 5.52 Å². The van der Waals surface area contributed by atoms with Crippen LogP contribution in [0.15, 0.2) is 71.8 Å². The minimum atomic E-state index is -0.129. The highest BCUT2D eigenvalue weighted by atomic mass is 16.5. The van der Waals surface area contributed by atoms with Crippen molar-refractivity contribution in [3.63, 3.8) is 0 Å². The van der Waals surface area contributed by atoms with Crippen LogP contribution in [0.5, 0.6) is 0 Å². The number of anilines is 1. The van der Waals surface area contributed by atoms with Gasteiger partial charge in [-0.25, -0.2) is 14.5 Å². The lowest BCUT2D eigenvalue weighted by Crippen LogP contribution is -2.36.